The quantitative estimate of drug-likeness (QED) is 0.460. The fourth-order valence-electron chi connectivity index (χ4n) is 4.15. The number of aromatic nitrogens is 2. The monoisotopic (exact) mass is 432 g/mol. The molecular weight excluding hydrogens is 414 g/mol. The third-order valence-electron chi connectivity index (χ3n) is 5.46. The number of ether oxygens (including phenoxy) is 1. The highest BCUT2D eigenvalue weighted by molar-refractivity contribution is 7.15. The molecule has 0 saturated heterocycles. The predicted molar refractivity (Wildman–Crippen MR) is 107 cm³/mol. The molecule has 0 N–H and O–H groups in total. The Hall–Kier alpha value is -2.85. The van der Waals surface area contributed by atoms with Gasteiger partial charge in [-0.05, 0) is 47.6 Å². The lowest BCUT2D eigenvalue weighted by molar-refractivity contribution is -0.389. The second-order valence-electron chi connectivity index (χ2n) is 7.97. The highest BCUT2D eigenvalue weighted by Crippen LogP contribution is 2.37. The Morgan fingerprint density at radius 3 is 2.90 bits per heavy atom. The van der Waals surface area contributed by atoms with Gasteiger partial charge in [-0.15, -0.1) is 11.3 Å². The van der Waals surface area contributed by atoms with E-state index in [9.17, 15) is 18.9 Å². The van der Waals surface area contributed by atoms with Crippen molar-refractivity contribution in [1.82, 2.24) is 14.5 Å². The van der Waals surface area contributed by atoms with Crippen LogP contribution in [-0.4, -0.2) is 38.1 Å². The van der Waals surface area contributed by atoms with Crippen LogP contribution in [0.1, 0.15) is 17.4 Å². The van der Waals surface area contributed by atoms with E-state index in [0.29, 0.717) is 18.7 Å². The summed E-state index contributed by atoms with van der Waals surface area (Å²) in [7, 11) is 0. The standard InChI is InChI=1S/C20H18F2N4O3S/c1-20(11-25-9-18(26(27)28)23-19(25)29-20)10-24-5-4-16-13(8-24)7-17(30-16)12-2-3-14(21)15(22)6-12/h2-3,6-7,9H,4-5,8,10-11H2,1H3/t20-/m0/s1. The Kier molecular flexibility index (Phi) is 4.37. The minimum absolute atomic E-state index is 0.210. The number of thiophene rings is 1. The van der Waals surface area contributed by atoms with Crippen LogP contribution in [0.5, 0.6) is 6.01 Å². The Labute approximate surface area is 174 Å². The fourth-order valence-corrected chi connectivity index (χ4v) is 5.31. The number of hydrogen-bond donors (Lipinski definition) is 0. The second-order valence-corrected chi connectivity index (χ2v) is 9.10. The molecule has 1 atom stereocenters. The number of nitro groups is 1. The number of halogens is 2. The summed E-state index contributed by atoms with van der Waals surface area (Å²) in [4.78, 5) is 18.7. The van der Waals surface area contributed by atoms with Crippen LogP contribution >= 0.6 is 11.3 Å². The summed E-state index contributed by atoms with van der Waals surface area (Å²) < 4.78 is 34.5. The summed E-state index contributed by atoms with van der Waals surface area (Å²) in [5.74, 6) is -1.90. The van der Waals surface area contributed by atoms with Crippen molar-refractivity contribution in [2.75, 3.05) is 13.1 Å². The van der Waals surface area contributed by atoms with Crippen LogP contribution in [0.25, 0.3) is 10.4 Å². The molecule has 30 heavy (non-hydrogen) atoms. The molecule has 2 aliphatic rings. The van der Waals surface area contributed by atoms with Crippen molar-refractivity contribution in [2.24, 2.45) is 0 Å². The van der Waals surface area contributed by atoms with E-state index in [0.717, 1.165) is 30.5 Å². The summed E-state index contributed by atoms with van der Waals surface area (Å²) >= 11 is 1.62. The van der Waals surface area contributed by atoms with E-state index in [-0.39, 0.29) is 11.8 Å². The van der Waals surface area contributed by atoms with Crippen LogP contribution in [-0.2, 0) is 19.5 Å². The van der Waals surface area contributed by atoms with Crippen molar-refractivity contribution in [1.29, 1.82) is 0 Å². The molecule has 1 aromatic carbocycles. The first-order chi connectivity index (χ1) is 14.3. The van der Waals surface area contributed by atoms with Gasteiger partial charge in [0, 0.05) is 34.4 Å². The van der Waals surface area contributed by atoms with E-state index >= 15 is 0 Å². The first-order valence-corrected chi connectivity index (χ1v) is 10.3. The number of rotatable bonds is 4. The van der Waals surface area contributed by atoms with Gasteiger partial charge in [-0.2, -0.15) is 0 Å². The van der Waals surface area contributed by atoms with Gasteiger partial charge in [-0.3, -0.25) is 9.47 Å². The van der Waals surface area contributed by atoms with E-state index in [4.69, 9.17) is 4.74 Å². The van der Waals surface area contributed by atoms with Crippen LogP contribution in [0.3, 0.4) is 0 Å². The number of fused-ring (bicyclic) bond motifs is 2. The summed E-state index contributed by atoms with van der Waals surface area (Å²) in [6.07, 6.45) is 2.28. The molecule has 2 aliphatic heterocycles. The molecule has 7 nitrogen and oxygen atoms in total. The largest absolute Gasteiger partial charge is 0.436 e. The lowest BCUT2D eigenvalue weighted by atomic mass is 10.0. The van der Waals surface area contributed by atoms with Gasteiger partial charge < -0.3 is 14.9 Å². The summed E-state index contributed by atoms with van der Waals surface area (Å²) in [5, 5.41) is 10.9. The van der Waals surface area contributed by atoms with Crippen LogP contribution in [0.4, 0.5) is 14.6 Å². The summed E-state index contributed by atoms with van der Waals surface area (Å²) in [6, 6.07) is 6.31. The Morgan fingerprint density at radius 1 is 1.33 bits per heavy atom. The molecule has 0 fully saturated rings. The van der Waals surface area contributed by atoms with Crippen LogP contribution in [0.15, 0.2) is 30.5 Å². The van der Waals surface area contributed by atoms with Gasteiger partial charge in [0.15, 0.2) is 11.6 Å². The Bertz CT molecular complexity index is 1140. The van der Waals surface area contributed by atoms with E-state index in [1.54, 1.807) is 22.0 Å². The Morgan fingerprint density at radius 2 is 2.17 bits per heavy atom. The number of benzene rings is 1. The smallest absolute Gasteiger partial charge is 0.415 e. The van der Waals surface area contributed by atoms with Crippen molar-refractivity contribution in [2.45, 2.75) is 32.0 Å². The van der Waals surface area contributed by atoms with E-state index in [2.05, 4.69) is 9.88 Å². The second kappa shape index (κ2) is 6.85. The van der Waals surface area contributed by atoms with E-state index in [1.807, 2.05) is 13.0 Å². The molecule has 0 spiro atoms. The zero-order chi connectivity index (χ0) is 21.0. The third kappa shape index (κ3) is 3.35. The van der Waals surface area contributed by atoms with Gasteiger partial charge in [0.2, 0.25) is 0 Å². The molecule has 156 valence electrons. The highest BCUT2D eigenvalue weighted by Gasteiger charge is 2.41. The van der Waals surface area contributed by atoms with Crippen molar-refractivity contribution in [3.05, 3.63) is 62.7 Å². The molecule has 4 heterocycles. The zero-order valence-corrected chi connectivity index (χ0v) is 16.9. The predicted octanol–water partition coefficient (Wildman–Crippen LogP) is 4.01. The van der Waals surface area contributed by atoms with Gasteiger partial charge in [0.25, 0.3) is 0 Å². The van der Waals surface area contributed by atoms with Crippen molar-refractivity contribution in [3.63, 3.8) is 0 Å². The molecule has 3 aromatic rings. The van der Waals surface area contributed by atoms with E-state index in [1.165, 1.54) is 22.7 Å². The zero-order valence-electron chi connectivity index (χ0n) is 16.1. The number of nitrogens with zero attached hydrogens (tertiary/aromatic N) is 4. The number of imidazole rings is 1. The van der Waals surface area contributed by atoms with Gasteiger partial charge in [-0.25, -0.2) is 8.78 Å². The topological polar surface area (TPSA) is 73.4 Å². The SMILES string of the molecule is C[C@]1(CN2CCc3sc(-c4ccc(F)c(F)c4)cc3C2)Cn2cc([N+](=O)[O-])nc2O1. The molecule has 2 aromatic heterocycles. The van der Waals surface area contributed by atoms with Crippen LogP contribution in [0.2, 0.25) is 0 Å². The average Bonchev–Trinajstić information content (AvgIpc) is 3.34. The molecule has 0 bridgehead atoms. The summed E-state index contributed by atoms with van der Waals surface area (Å²) in [6.45, 7) is 4.71. The maximum absolute atomic E-state index is 13.6. The van der Waals surface area contributed by atoms with Crippen molar-refractivity contribution in [3.8, 4) is 16.5 Å². The van der Waals surface area contributed by atoms with Crippen LogP contribution < -0.4 is 4.74 Å². The minimum Gasteiger partial charge on any atom is -0.436 e. The van der Waals surface area contributed by atoms with Crippen molar-refractivity contribution >= 4 is 17.2 Å². The Balaban J connectivity index is 1.29. The third-order valence-corrected chi connectivity index (χ3v) is 6.75. The maximum Gasteiger partial charge on any atom is 0.415 e. The maximum atomic E-state index is 13.6. The molecule has 0 saturated carbocycles. The first kappa shape index (κ1) is 19.1. The van der Waals surface area contributed by atoms with Gasteiger partial charge in [0.1, 0.15) is 11.8 Å². The molecule has 5 rings (SSSR count). The van der Waals surface area contributed by atoms with E-state index < -0.39 is 22.2 Å². The van der Waals surface area contributed by atoms with Gasteiger partial charge in [-0.1, -0.05) is 6.07 Å². The average molecular weight is 432 g/mol. The highest BCUT2D eigenvalue weighted by atomic mass is 32.1. The summed E-state index contributed by atoms with van der Waals surface area (Å²) in [5.41, 5.74) is 1.34. The molecule has 0 radical (unpaired) electrons. The van der Waals surface area contributed by atoms with Crippen molar-refractivity contribution < 1.29 is 18.4 Å². The first-order valence-electron chi connectivity index (χ1n) is 9.50. The minimum atomic E-state index is -0.846. The molecule has 10 heteroatoms. The molecule has 0 aliphatic carbocycles. The lowest BCUT2D eigenvalue weighted by Gasteiger charge is -2.33. The molecular formula is C20H18F2N4O3S. The van der Waals surface area contributed by atoms with Gasteiger partial charge >= 0.3 is 11.8 Å². The fraction of sp³-hybridized carbons (Fsp3) is 0.350. The molecule has 0 unspecified atom stereocenters. The van der Waals surface area contributed by atoms with Gasteiger partial charge in [0.05, 0.1) is 6.54 Å². The lowest BCUT2D eigenvalue weighted by Crippen LogP contribution is -2.46. The number of hydrogen-bond acceptors (Lipinski definition) is 6. The molecule has 0 amide bonds. The van der Waals surface area contributed by atoms with Crippen LogP contribution in [0, 0.1) is 21.7 Å². The normalized spacial score (nSPS) is 20.6.